The Labute approximate surface area is 74.8 Å². The van der Waals surface area contributed by atoms with E-state index in [1.807, 2.05) is 0 Å². The van der Waals surface area contributed by atoms with Crippen molar-refractivity contribution in [2.24, 2.45) is 0 Å². The maximum absolute atomic E-state index is 9.58. The molecule has 0 aromatic rings. The van der Waals surface area contributed by atoms with Crippen molar-refractivity contribution in [3.05, 3.63) is 22.8 Å². The second kappa shape index (κ2) is 3.90. The van der Waals surface area contributed by atoms with Crippen molar-refractivity contribution in [1.29, 1.82) is 0 Å². The quantitative estimate of drug-likeness (QED) is 0.635. The summed E-state index contributed by atoms with van der Waals surface area (Å²) in [6, 6.07) is 0. The summed E-state index contributed by atoms with van der Waals surface area (Å²) in [6.45, 7) is 6.37. The van der Waals surface area contributed by atoms with E-state index >= 15 is 0 Å². The average Bonchev–Trinajstić information content (AvgIpc) is 2.05. The van der Waals surface area contributed by atoms with E-state index in [0.717, 1.165) is 19.3 Å². The molecule has 1 nitrogen and oxygen atoms in total. The number of rotatable bonds is 1. The van der Waals surface area contributed by atoms with E-state index in [1.165, 1.54) is 16.7 Å². The van der Waals surface area contributed by atoms with Crippen LogP contribution in [0, 0.1) is 0 Å². The first-order valence-corrected chi connectivity index (χ1v) is 4.70. The normalized spacial score (nSPS) is 23.8. The van der Waals surface area contributed by atoms with E-state index in [2.05, 4.69) is 26.8 Å². The smallest absolute Gasteiger partial charge is 0.0756 e. The van der Waals surface area contributed by atoms with E-state index < -0.39 is 0 Å². The summed E-state index contributed by atoms with van der Waals surface area (Å²) in [5.74, 6) is 0. The lowest BCUT2D eigenvalue weighted by Crippen LogP contribution is -2.14. The van der Waals surface area contributed by atoms with Gasteiger partial charge in [0.1, 0.15) is 0 Å². The predicted molar refractivity (Wildman–Crippen MR) is 52.0 cm³/mol. The molecule has 1 atom stereocenters. The summed E-state index contributed by atoms with van der Waals surface area (Å²) in [6.07, 6.45) is 4.90. The Balaban J connectivity index is 2.88. The molecule has 0 fully saturated rings. The minimum atomic E-state index is -0.182. The van der Waals surface area contributed by atoms with Crippen LogP contribution in [0.25, 0.3) is 0 Å². The molecule has 0 spiro atoms. The van der Waals surface area contributed by atoms with Crippen molar-refractivity contribution in [3.63, 3.8) is 0 Å². The predicted octanol–water partition coefficient (Wildman–Crippen LogP) is 2.81. The van der Waals surface area contributed by atoms with Crippen LogP contribution in [0.5, 0.6) is 0 Å². The molecule has 12 heavy (non-hydrogen) atoms. The molecule has 1 unspecified atom stereocenters. The maximum Gasteiger partial charge on any atom is 0.0756 e. The number of aliphatic hydroxyl groups excluding tert-OH is 1. The molecule has 1 aliphatic rings. The molecule has 0 saturated heterocycles. The monoisotopic (exact) mass is 166 g/mol. The third-order valence-electron chi connectivity index (χ3n) is 2.53. The highest BCUT2D eigenvalue weighted by Gasteiger charge is 2.15. The lowest BCUT2D eigenvalue weighted by molar-refractivity contribution is 0.193. The van der Waals surface area contributed by atoms with Crippen molar-refractivity contribution in [2.45, 2.75) is 46.1 Å². The summed E-state index contributed by atoms with van der Waals surface area (Å²) in [4.78, 5) is 0. The molecule has 1 N–H and O–H groups in total. The molecular formula is C11H18O. The van der Waals surface area contributed by atoms with Gasteiger partial charge in [0.25, 0.3) is 0 Å². The molecule has 0 aromatic carbocycles. The molecule has 0 aromatic heterocycles. The lowest BCUT2D eigenvalue weighted by atomic mass is 9.89. The molecule has 68 valence electrons. The summed E-state index contributed by atoms with van der Waals surface area (Å²) in [7, 11) is 0. The molecule has 1 heteroatoms. The molecule has 0 amide bonds. The van der Waals surface area contributed by atoms with Gasteiger partial charge < -0.3 is 5.11 Å². The fourth-order valence-corrected chi connectivity index (χ4v) is 1.60. The summed E-state index contributed by atoms with van der Waals surface area (Å²) in [5.41, 5.74) is 3.99. The molecule has 0 saturated carbocycles. The highest BCUT2D eigenvalue weighted by atomic mass is 16.3. The molecule has 0 heterocycles. The van der Waals surface area contributed by atoms with Crippen molar-refractivity contribution < 1.29 is 5.11 Å². The molecular weight excluding hydrogens is 148 g/mol. The molecule has 1 rings (SSSR count). The van der Waals surface area contributed by atoms with Gasteiger partial charge in [-0.25, -0.2) is 0 Å². The van der Waals surface area contributed by atoms with Gasteiger partial charge in [-0.3, -0.25) is 0 Å². The van der Waals surface area contributed by atoms with Crippen LogP contribution in [-0.2, 0) is 0 Å². The first-order valence-electron chi connectivity index (χ1n) is 4.70. The van der Waals surface area contributed by atoms with Gasteiger partial charge in [0.2, 0.25) is 0 Å². The van der Waals surface area contributed by atoms with Gasteiger partial charge in [-0.1, -0.05) is 18.6 Å². The van der Waals surface area contributed by atoms with Gasteiger partial charge in [0.05, 0.1) is 6.10 Å². The van der Waals surface area contributed by atoms with E-state index in [1.54, 1.807) is 0 Å². The van der Waals surface area contributed by atoms with E-state index in [-0.39, 0.29) is 6.10 Å². The Morgan fingerprint density at radius 2 is 2.25 bits per heavy atom. The Hall–Kier alpha value is -0.560. The van der Waals surface area contributed by atoms with Crippen LogP contribution in [0.3, 0.4) is 0 Å². The van der Waals surface area contributed by atoms with Crippen LogP contribution in [0.15, 0.2) is 22.8 Å². The first kappa shape index (κ1) is 9.53. The van der Waals surface area contributed by atoms with Crippen LogP contribution >= 0.6 is 0 Å². The fraction of sp³-hybridized carbons (Fsp3) is 0.636. The third kappa shape index (κ3) is 1.98. The minimum Gasteiger partial charge on any atom is -0.389 e. The van der Waals surface area contributed by atoms with Crippen LogP contribution in [0.4, 0.5) is 0 Å². The molecule has 1 aliphatic carbocycles. The van der Waals surface area contributed by atoms with Crippen molar-refractivity contribution in [3.8, 4) is 0 Å². The number of hydrogen-bond acceptors (Lipinski definition) is 1. The molecule has 0 aliphatic heterocycles. The van der Waals surface area contributed by atoms with Gasteiger partial charge >= 0.3 is 0 Å². The molecule has 0 bridgehead atoms. The lowest BCUT2D eigenvalue weighted by Gasteiger charge is -2.21. The van der Waals surface area contributed by atoms with Gasteiger partial charge in [-0.05, 0) is 44.3 Å². The van der Waals surface area contributed by atoms with Crippen molar-refractivity contribution in [2.75, 3.05) is 0 Å². The molecule has 0 radical (unpaired) electrons. The van der Waals surface area contributed by atoms with E-state index in [4.69, 9.17) is 0 Å². The van der Waals surface area contributed by atoms with Crippen LogP contribution in [-0.4, -0.2) is 11.2 Å². The van der Waals surface area contributed by atoms with Crippen LogP contribution < -0.4 is 0 Å². The first-order chi connectivity index (χ1) is 5.65. The van der Waals surface area contributed by atoms with E-state index in [0.29, 0.717) is 0 Å². The second-order valence-corrected chi connectivity index (χ2v) is 3.65. The highest BCUT2D eigenvalue weighted by molar-refractivity contribution is 5.32. The van der Waals surface area contributed by atoms with Crippen LogP contribution in [0.2, 0.25) is 0 Å². The van der Waals surface area contributed by atoms with Crippen molar-refractivity contribution in [1.82, 2.24) is 0 Å². The summed E-state index contributed by atoms with van der Waals surface area (Å²) < 4.78 is 0. The van der Waals surface area contributed by atoms with Gasteiger partial charge in [0.15, 0.2) is 0 Å². The fourth-order valence-electron chi connectivity index (χ4n) is 1.60. The number of hydrogen-bond donors (Lipinski definition) is 1. The van der Waals surface area contributed by atoms with Crippen LogP contribution in [0.1, 0.15) is 40.0 Å². The maximum atomic E-state index is 9.58. The topological polar surface area (TPSA) is 20.2 Å². The minimum absolute atomic E-state index is 0.182. The average molecular weight is 166 g/mol. The largest absolute Gasteiger partial charge is 0.389 e. The zero-order valence-electron chi connectivity index (χ0n) is 8.22. The summed E-state index contributed by atoms with van der Waals surface area (Å²) >= 11 is 0. The highest BCUT2D eigenvalue weighted by Crippen LogP contribution is 2.26. The standard InChI is InChI=1S/C11H18O/c1-4-9-7-10(8(2)3)5-6-11(9)12/h7,11-12H,4-6H2,1-3H3. The number of allylic oxidation sites excluding steroid dienone is 3. The zero-order valence-corrected chi connectivity index (χ0v) is 8.22. The van der Waals surface area contributed by atoms with E-state index in [9.17, 15) is 5.11 Å². The van der Waals surface area contributed by atoms with Gasteiger partial charge in [-0.2, -0.15) is 0 Å². The Morgan fingerprint density at radius 3 is 2.75 bits per heavy atom. The Morgan fingerprint density at radius 1 is 1.58 bits per heavy atom. The number of aliphatic hydroxyl groups is 1. The third-order valence-corrected chi connectivity index (χ3v) is 2.53. The summed E-state index contributed by atoms with van der Waals surface area (Å²) in [5, 5.41) is 9.58. The Bertz CT molecular complexity index is 219. The zero-order chi connectivity index (χ0) is 9.14. The second-order valence-electron chi connectivity index (χ2n) is 3.65. The van der Waals surface area contributed by atoms with Gasteiger partial charge in [0, 0.05) is 0 Å². The SMILES string of the molecule is CCC1=CC(=C(C)C)CCC1O. The Kier molecular flexibility index (Phi) is 3.10. The van der Waals surface area contributed by atoms with Crippen molar-refractivity contribution >= 4 is 0 Å². The van der Waals surface area contributed by atoms with Gasteiger partial charge in [-0.15, -0.1) is 0 Å².